The second kappa shape index (κ2) is 2.90. The van der Waals surface area contributed by atoms with Crippen molar-refractivity contribution in [3.8, 4) is 0 Å². The minimum Gasteiger partial charge on any atom is -0.454 e. The van der Waals surface area contributed by atoms with Crippen LogP contribution in [0.15, 0.2) is 22.8 Å². The zero-order chi connectivity index (χ0) is 12.7. The third-order valence-electron chi connectivity index (χ3n) is 5.52. The zero-order valence-electron chi connectivity index (χ0n) is 11.1. The number of rotatable bonds is 0. The Hall–Kier alpha value is -1.09. The fraction of sp³-hybridized carbons (Fsp3) is 0.667. The molecule has 4 atom stereocenters. The highest BCUT2D eigenvalue weighted by Gasteiger charge is 2.74. The van der Waals surface area contributed by atoms with Gasteiger partial charge >= 0.3 is 5.97 Å². The van der Waals surface area contributed by atoms with Crippen molar-refractivity contribution in [1.82, 2.24) is 0 Å². The summed E-state index contributed by atoms with van der Waals surface area (Å²) in [6.45, 7) is 6.26. The monoisotopic (exact) mass is 246 g/mol. The molecule has 18 heavy (non-hydrogen) atoms. The number of esters is 1. The Morgan fingerprint density at radius 2 is 2.17 bits per heavy atom. The highest BCUT2D eigenvalue weighted by atomic mass is 16.6. The maximum Gasteiger partial charge on any atom is 0.334 e. The van der Waals surface area contributed by atoms with E-state index in [0.717, 1.165) is 24.8 Å². The Labute approximate surface area is 107 Å². The Kier molecular flexibility index (Phi) is 1.74. The summed E-state index contributed by atoms with van der Waals surface area (Å²) < 4.78 is 11.8. The van der Waals surface area contributed by atoms with E-state index in [1.54, 1.807) is 0 Å². The molecule has 0 aromatic carbocycles. The third-order valence-corrected chi connectivity index (χ3v) is 5.52. The van der Waals surface area contributed by atoms with Gasteiger partial charge in [-0.1, -0.05) is 11.6 Å². The first-order chi connectivity index (χ1) is 8.48. The van der Waals surface area contributed by atoms with E-state index in [1.165, 1.54) is 11.1 Å². The predicted octanol–water partition coefficient (Wildman–Crippen LogP) is 2.52. The number of epoxide rings is 1. The maximum absolute atomic E-state index is 11.8. The summed E-state index contributed by atoms with van der Waals surface area (Å²) in [5.74, 6) is 0.107. The lowest BCUT2D eigenvalue weighted by Gasteiger charge is -2.25. The molecule has 0 radical (unpaired) electrons. The van der Waals surface area contributed by atoms with Crippen molar-refractivity contribution < 1.29 is 14.3 Å². The maximum atomic E-state index is 11.8. The number of ether oxygens (including phenoxy) is 2. The molecule has 4 aliphatic rings. The topological polar surface area (TPSA) is 38.8 Å². The molecule has 3 heteroatoms. The van der Waals surface area contributed by atoms with Crippen LogP contribution in [-0.2, 0) is 14.3 Å². The van der Waals surface area contributed by atoms with Gasteiger partial charge in [0.15, 0.2) is 0 Å². The number of hydrogen-bond acceptors (Lipinski definition) is 3. The van der Waals surface area contributed by atoms with Crippen LogP contribution in [0.25, 0.3) is 0 Å². The van der Waals surface area contributed by atoms with E-state index < -0.39 is 0 Å². The number of carbonyl (C=O) groups is 1. The van der Waals surface area contributed by atoms with E-state index in [1.807, 2.05) is 6.92 Å². The van der Waals surface area contributed by atoms with Crippen molar-refractivity contribution in [2.24, 2.45) is 5.92 Å². The van der Waals surface area contributed by atoms with Gasteiger partial charge in [0.2, 0.25) is 0 Å². The fourth-order valence-electron chi connectivity index (χ4n) is 4.30. The van der Waals surface area contributed by atoms with Crippen molar-refractivity contribution in [1.29, 1.82) is 0 Å². The van der Waals surface area contributed by atoms with E-state index in [0.29, 0.717) is 0 Å². The SMILES string of the molecule is CC1=CC[C@]23O[C@@]2(C)CCC2=C(C)C(=O)O[C@@H]2[C@@H]13. The molecule has 2 aliphatic heterocycles. The summed E-state index contributed by atoms with van der Waals surface area (Å²) in [6, 6.07) is 0. The van der Waals surface area contributed by atoms with E-state index >= 15 is 0 Å². The standard InChI is InChI=1S/C15H18O3/c1-8-4-7-15-11(8)12-10(9(2)13(16)17-12)5-6-14(15,3)18-15/h4,11-12H,5-7H2,1-3H3/t11-,12+,14+,15-/m1/s1. The van der Waals surface area contributed by atoms with Crippen LogP contribution in [0.4, 0.5) is 0 Å². The van der Waals surface area contributed by atoms with Gasteiger partial charge in [0.1, 0.15) is 11.7 Å². The molecule has 0 aromatic heterocycles. The fourth-order valence-corrected chi connectivity index (χ4v) is 4.30. The van der Waals surface area contributed by atoms with E-state index in [2.05, 4.69) is 19.9 Å². The van der Waals surface area contributed by atoms with E-state index in [9.17, 15) is 4.79 Å². The van der Waals surface area contributed by atoms with Crippen LogP contribution in [0.5, 0.6) is 0 Å². The molecule has 3 nitrogen and oxygen atoms in total. The molecule has 1 saturated carbocycles. The van der Waals surface area contributed by atoms with Gasteiger partial charge in [0.25, 0.3) is 0 Å². The highest BCUT2D eigenvalue weighted by Crippen LogP contribution is 2.66. The largest absolute Gasteiger partial charge is 0.454 e. The molecule has 0 bridgehead atoms. The molecule has 0 unspecified atom stereocenters. The average Bonchev–Trinajstić information content (AvgIpc) is 2.65. The van der Waals surface area contributed by atoms with E-state index in [4.69, 9.17) is 9.47 Å². The molecule has 1 saturated heterocycles. The minimum atomic E-state index is -0.130. The zero-order valence-corrected chi connectivity index (χ0v) is 11.1. The Morgan fingerprint density at radius 3 is 2.94 bits per heavy atom. The molecule has 2 aliphatic carbocycles. The lowest BCUT2D eigenvalue weighted by molar-refractivity contribution is -0.141. The molecule has 2 heterocycles. The smallest absolute Gasteiger partial charge is 0.334 e. The molecular formula is C15H18O3. The first-order valence-electron chi connectivity index (χ1n) is 6.76. The second-order valence-electron chi connectivity index (χ2n) is 6.33. The van der Waals surface area contributed by atoms with Crippen LogP contribution in [0, 0.1) is 5.92 Å². The van der Waals surface area contributed by atoms with E-state index in [-0.39, 0.29) is 29.2 Å². The third kappa shape index (κ3) is 0.993. The Balaban J connectivity index is 1.85. The van der Waals surface area contributed by atoms with Crippen molar-refractivity contribution in [3.05, 3.63) is 22.8 Å². The van der Waals surface area contributed by atoms with Crippen LogP contribution in [0.1, 0.15) is 40.0 Å². The molecular weight excluding hydrogens is 228 g/mol. The molecule has 1 spiro atoms. The number of hydrogen-bond donors (Lipinski definition) is 0. The quantitative estimate of drug-likeness (QED) is 0.374. The summed E-state index contributed by atoms with van der Waals surface area (Å²) >= 11 is 0. The van der Waals surface area contributed by atoms with Crippen molar-refractivity contribution in [2.45, 2.75) is 57.3 Å². The Bertz CT molecular complexity index is 530. The summed E-state index contributed by atoms with van der Waals surface area (Å²) in [7, 11) is 0. The average molecular weight is 246 g/mol. The molecule has 4 rings (SSSR count). The molecule has 0 aromatic rings. The van der Waals surface area contributed by atoms with Gasteiger partial charge in [-0.3, -0.25) is 0 Å². The van der Waals surface area contributed by atoms with Gasteiger partial charge < -0.3 is 9.47 Å². The minimum absolute atomic E-state index is 0.0179. The lowest BCUT2D eigenvalue weighted by atomic mass is 9.79. The van der Waals surface area contributed by atoms with Gasteiger partial charge in [0.05, 0.1) is 11.5 Å². The normalized spacial score (nSPS) is 49.1. The lowest BCUT2D eigenvalue weighted by Crippen LogP contribution is -2.36. The summed E-state index contributed by atoms with van der Waals surface area (Å²) in [5.41, 5.74) is 3.27. The van der Waals surface area contributed by atoms with Crippen LogP contribution in [-0.4, -0.2) is 23.3 Å². The summed E-state index contributed by atoms with van der Waals surface area (Å²) in [6.07, 6.45) is 5.11. The summed E-state index contributed by atoms with van der Waals surface area (Å²) in [4.78, 5) is 11.8. The molecule has 2 fully saturated rings. The Morgan fingerprint density at radius 1 is 1.39 bits per heavy atom. The summed E-state index contributed by atoms with van der Waals surface area (Å²) in [5, 5.41) is 0. The molecule has 96 valence electrons. The van der Waals surface area contributed by atoms with Crippen LogP contribution >= 0.6 is 0 Å². The van der Waals surface area contributed by atoms with Crippen LogP contribution < -0.4 is 0 Å². The number of fused-ring (bicyclic) bond motifs is 2. The van der Waals surface area contributed by atoms with Gasteiger partial charge in [-0.25, -0.2) is 4.79 Å². The number of carbonyl (C=O) groups excluding carboxylic acids is 1. The second-order valence-corrected chi connectivity index (χ2v) is 6.33. The van der Waals surface area contributed by atoms with Crippen LogP contribution in [0.3, 0.4) is 0 Å². The first kappa shape index (κ1) is 10.8. The van der Waals surface area contributed by atoms with Gasteiger partial charge in [0, 0.05) is 5.57 Å². The highest BCUT2D eigenvalue weighted by molar-refractivity contribution is 5.92. The van der Waals surface area contributed by atoms with Gasteiger partial charge in [-0.2, -0.15) is 0 Å². The van der Waals surface area contributed by atoms with Crippen LogP contribution in [0.2, 0.25) is 0 Å². The van der Waals surface area contributed by atoms with Gasteiger partial charge in [-0.05, 0) is 45.6 Å². The predicted molar refractivity (Wildman–Crippen MR) is 65.9 cm³/mol. The van der Waals surface area contributed by atoms with Crippen molar-refractivity contribution in [3.63, 3.8) is 0 Å². The van der Waals surface area contributed by atoms with Crippen molar-refractivity contribution >= 4 is 5.97 Å². The molecule has 0 N–H and O–H groups in total. The van der Waals surface area contributed by atoms with Gasteiger partial charge in [-0.15, -0.1) is 0 Å². The van der Waals surface area contributed by atoms with Crippen molar-refractivity contribution in [2.75, 3.05) is 0 Å². The molecule has 0 amide bonds. The first-order valence-corrected chi connectivity index (χ1v) is 6.76.